The highest BCUT2D eigenvalue weighted by Gasteiger charge is 2.19. The standard InChI is InChI=1S/C11H21N3O2/c12-9(6-7-10(13)15)11(16)14-8-4-2-1-3-5-8/h8-9H,1-7,12H2,(H2,13,15)(H,14,16)/t9-/m0/s1. The summed E-state index contributed by atoms with van der Waals surface area (Å²) in [6.45, 7) is 0. The van der Waals surface area contributed by atoms with E-state index in [1.54, 1.807) is 0 Å². The lowest BCUT2D eigenvalue weighted by Crippen LogP contribution is -2.46. The lowest BCUT2D eigenvalue weighted by molar-refractivity contribution is -0.123. The van der Waals surface area contributed by atoms with Gasteiger partial charge in [-0.1, -0.05) is 19.3 Å². The fourth-order valence-electron chi connectivity index (χ4n) is 1.98. The topological polar surface area (TPSA) is 98.2 Å². The van der Waals surface area contributed by atoms with Gasteiger partial charge in [0.05, 0.1) is 6.04 Å². The van der Waals surface area contributed by atoms with Crippen molar-refractivity contribution in [2.75, 3.05) is 0 Å². The van der Waals surface area contributed by atoms with Gasteiger partial charge in [0.2, 0.25) is 11.8 Å². The molecule has 0 unspecified atom stereocenters. The minimum absolute atomic E-state index is 0.159. The maximum atomic E-state index is 11.6. The number of hydrogen-bond donors (Lipinski definition) is 3. The van der Waals surface area contributed by atoms with Crippen molar-refractivity contribution in [2.45, 2.75) is 57.0 Å². The van der Waals surface area contributed by atoms with Crippen LogP contribution in [0.2, 0.25) is 0 Å². The van der Waals surface area contributed by atoms with E-state index >= 15 is 0 Å². The van der Waals surface area contributed by atoms with Gasteiger partial charge in [0.25, 0.3) is 0 Å². The number of primary amides is 1. The molecule has 0 bridgehead atoms. The van der Waals surface area contributed by atoms with E-state index in [1.807, 2.05) is 0 Å². The van der Waals surface area contributed by atoms with Gasteiger partial charge in [-0.25, -0.2) is 0 Å². The largest absolute Gasteiger partial charge is 0.370 e. The van der Waals surface area contributed by atoms with E-state index in [0.717, 1.165) is 12.8 Å². The fraction of sp³-hybridized carbons (Fsp3) is 0.818. The van der Waals surface area contributed by atoms with Crippen LogP contribution in [0.5, 0.6) is 0 Å². The molecule has 5 nitrogen and oxygen atoms in total. The van der Waals surface area contributed by atoms with Crippen molar-refractivity contribution in [1.82, 2.24) is 5.32 Å². The lowest BCUT2D eigenvalue weighted by atomic mass is 9.95. The van der Waals surface area contributed by atoms with Gasteiger partial charge in [0.1, 0.15) is 0 Å². The Hall–Kier alpha value is -1.10. The molecule has 0 aromatic rings. The van der Waals surface area contributed by atoms with Crippen LogP contribution in [0.15, 0.2) is 0 Å². The predicted molar refractivity (Wildman–Crippen MR) is 61.4 cm³/mol. The Morgan fingerprint density at radius 2 is 1.88 bits per heavy atom. The first-order valence-corrected chi connectivity index (χ1v) is 5.94. The summed E-state index contributed by atoms with van der Waals surface area (Å²) in [7, 11) is 0. The van der Waals surface area contributed by atoms with Crippen LogP contribution in [-0.2, 0) is 9.59 Å². The summed E-state index contributed by atoms with van der Waals surface area (Å²) in [5, 5.41) is 2.93. The Labute approximate surface area is 95.9 Å². The molecule has 0 radical (unpaired) electrons. The van der Waals surface area contributed by atoms with Gasteiger partial charge in [-0.15, -0.1) is 0 Å². The van der Waals surface area contributed by atoms with Gasteiger partial charge in [0, 0.05) is 12.5 Å². The number of rotatable bonds is 5. The minimum Gasteiger partial charge on any atom is -0.370 e. The quantitative estimate of drug-likeness (QED) is 0.618. The van der Waals surface area contributed by atoms with Crippen molar-refractivity contribution in [3.63, 3.8) is 0 Å². The minimum atomic E-state index is -0.616. The van der Waals surface area contributed by atoms with Crippen molar-refractivity contribution < 1.29 is 9.59 Å². The highest BCUT2D eigenvalue weighted by atomic mass is 16.2. The molecule has 1 aliphatic carbocycles. The zero-order valence-corrected chi connectivity index (χ0v) is 9.58. The number of amides is 2. The van der Waals surface area contributed by atoms with E-state index in [4.69, 9.17) is 11.5 Å². The monoisotopic (exact) mass is 227 g/mol. The molecule has 0 aromatic heterocycles. The van der Waals surface area contributed by atoms with Crippen LogP contribution >= 0.6 is 0 Å². The number of nitrogens with one attached hydrogen (secondary N) is 1. The van der Waals surface area contributed by atoms with Gasteiger partial charge < -0.3 is 16.8 Å². The van der Waals surface area contributed by atoms with Crippen LogP contribution in [0.25, 0.3) is 0 Å². The molecule has 16 heavy (non-hydrogen) atoms. The van der Waals surface area contributed by atoms with Gasteiger partial charge in [-0.3, -0.25) is 9.59 Å². The molecule has 1 aliphatic rings. The van der Waals surface area contributed by atoms with E-state index in [-0.39, 0.29) is 18.4 Å². The highest BCUT2D eigenvalue weighted by Crippen LogP contribution is 2.17. The fourth-order valence-corrected chi connectivity index (χ4v) is 1.98. The lowest BCUT2D eigenvalue weighted by Gasteiger charge is -2.24. The SMILES string of the molecule is NC(=O)CC[C@H](N)C(=O)NC1CCCCC1. The van der Waals surface area contributed by atoms with Crippen molar-refractivity contribution in [3.8, 4) is 0 Å². The van der Waals surface area contributed by atoms with Crippen molar-refractivity contribution in [3.05, 3.63) is 0 Å². The molecule has 2 amide bonds. The van der Waals surface area contributed by atoms with Crippen LogP contribution < -0.4 is 16.8 Å². The average Bonchev–Trinajstić information content (AvgIpc) is 2.27. The molecule has 1 fully saturated rings. The molecule has 92 valence electrons. The average molecular weight is 227 g/mol. The van der Waals surface area contributed by atoms with Crippen LogP contribution in [-0.4, -0.2) is 23.9 Å². The number of carbonyl (C=O) groups excluding carboxylic acids is 2. The van der Waals surface area contributed by atoms with E-state index in [2.05, 4.69) is 5.32 Å². The summed E-state index contributed by atoms with van der Waals surface area (Å²) in [5.74, 6) is -0.575. The molecule has 0 spiro atoms. The summed E-state index contributed by atoms with van der Waals surface area (Å²) in [4.78, 5) is 22.2. The van der Waals surface area contributed by atoms with Crippen LogP contribution in [0.3, 0.4) is 0 Å². The summed E-state index contributed by atoms with van der Waals surface area (Å²) in [6.07, 6.45) is 6.15. The first kappa shape index (κ1) is 13.0. The van der Waals surface area contributed by atoms with E-state index < -0.39 is 11.9 Å². The van der Waals surface area contributed by atoms with Crippen molar-refractivity contribution in [1.29, 1.82) is 0 Å². The third-order valence-corrected chi connectivity index (χ3v) is 2.99. The Bertz CT molecular complexity index is 250. The Kier molecular flexibility index (Phi) is 5.25. The van der Waals surface area contributed by atoms with Crippen LogP contribution in [0.4, 0.5) is 0 Å². The summed E-state index contributed by atoms with van der Waals surface area (Å²) < 4.78 is 0. The maximum absolute atomic E-state index is 11.6. The van der Waals surface area contributed by atoms with Gasteiger partial charge in [0.15, 0.2) is 0 Å². The zero-order chi connectivity index (χ0) is 12.0. The van der Waals surface area contributed by atoms with E-state index in [9.17, 15) is 9.59 Å². The number of hydrogen-bond acceptors (Lipinski definition) is 3. The first-order valence-electron chi connectivity index (χ1n) is 5.94. The molecule has 0 aromatic carbocycles. The second-order valence-electron chi connectivity index (χ2n) is 4.46. The van der Waals surface area contributed by atoms with Crippen LogP contribution in [0, 0.1) is 0 Å². The third-order valence-electron chi connectivity index (χ3n) is 2.99. The zero-order valence-electron chi connectivity index (χ0n) is 9.58. The van der Waals surface area contributed by atoms with Crippen molar-refractivity contribution in [2.24, 2.45) is 11.5 Å². The van der Waals surface area contributed by atoms with Crippen molar-refractivity contribution >= 4 is 11.8 Å². The first-order chi connectivity index (χ1) is 7.59. The molecular weight excluding hydrogens is 206 g/mol. The second-order valence-corrected chi connectivity index (χ2v) is 4.46. The third kappa shape index (κ3) is 4.61. The number of nitrogens with two attached hydrogens (primary N) is 2. The molecule has 1 atom stereocenters. The molecule has 5 heteroatoms. The molecule has 0 saturated heterocycles. The van der Waals surface area contributed by atoms with Crippen LogP contribution in [0.1, 0.15) is 44.9 Å². The smallest absolute Gasteiger partial charge is 0.237 e. The van der Waals surface area contributed by atoms with E-state index in [1.165, 1.54) is 19.3 Å². The maximum Gasteiger partial charge on any atom is 0.237 e. The van der Waals surface area contributed by atoms with E-state index in [0.29, 0.717) is 6.42 Å². The summed E-state index contributed by atoms with van der Waals surface area (Å²) in [6, 6.07) is -0.352. The molecular formula is C11H21N3O2. The highest BCUT2D eigenvalue weighted by molar-refractivity contribution is 5.82. The Balaban J connectivity index is 2.24. The molecule has 1 rings (SSSR count). The Morgan fingerprint density at radius 3 is 2.44 bits per heavy atom. The van der Waals surface area contributed by atoms with Gasteiger partial charge in [-0.05, 0) is 19.3 Å². The Morgan fingerprint density at radius 1 is 1.25 bits per heavy atom. The normalized spacial score (nSPS) is 19.1. The molecule has 1 saturated carbocycles. The summed E-state index contributed by atoms with van der Waals surface area (Å²) in [5.41, 5.74) is 10.7. The van der Waals surface area contributed by atoms with Gasteiger partial charge in [-0.2, -0.15) is 0 Å². The second kappa shape index (κ2) is 6.48. The number of carbonyl (C=O) groups is 2. The summed E-state index contributed by atoms with van der Waals surface area (Å²) >= 11 is 0. The predicted octanol–water partition coefficient (Wildman–Crippen LogP) is 0.0281. The van der Waals surface area contributed by atoms with Gasteiger partial charge >= 0.3 is 0 Å². The molecule has 0 aliphatic heterocycles. The molecule has 0 heterocycles. The molecule has 5 N–H and O–H groups in total.